The minimum Gasteiger partial charge on any atom is -0.360 e. The molecule has 2 heterocycles. The number of likely N-dealkylation sites (N-methyl/N-ethyl adjacent to an activating group) is 1. The van der Waals surface area contributed by atoms with E-state index in [0.29, 0.717) is 11.6 Å². The van der Waals surface area contributed by atoms with E-state index in [1.807, 2.05) is 6.92 Å². The van der Waals surface area contributed by atoms with Gasteiger partial charge in [-0.2, -0.15) is 4.37 Å². The van der Waals surface area contributed by atoms with E-state index in [2.05, 4.69) is 19.8 Å². The molecule has 1 amide bonds. The highest BCUT2D eigenvalue weighted by Gasteiger charge is 2.13. The molecule has 0 fully saturated rings. The van der Waals surface area contributed by atoms with Crippen LogP contribution in [0.5, 0.6) is 0 Å². The molecule has 0 bridgehead atoms. The van der Waals surface area contributed by atoms with Crippen molar-refractivity contribution in [3.8, 4) is 0 Å². The zero-order valence-corrected chi connectivity index (χ0v) is 11.8. The number of aryl methyl sites for hydroxylation is 2. The maximum Gasteiger partial charge on any atom is 0.245 e. The summed E-state index contributed by atoms with van der Waals surface area (Å²) in [6.07, 6.45) is 0.786. The summed E-state index contributed by atoms with van der Waals surface area (Å²) >= 11 is 1.29. The van der Waals surface area contributed by atoms with E-state index in [-0.39, 0.29) is 12.5 Å². The Morgan fingerprint density at radius 2 is 2.37 bits per heavy atom. The van der Waals surface area contributed by atoms with E-state index >= 15 is 0 Å². The highest BCUT2D eigenvalue weighted by molar-refractivity contribution is 7.09. The van der Waals surface area contributed by atoms with Crippen molar-refractivity contribution >= 4 is 28.4 Å². The molecule has 0 unspecified atom stereocenters. The number of hydrogen-bond acceptors (Lipinski definition) is 7. The van der Waals surface area contributed by atoms with Crippen molar-refractivity contribution in [2.24, 2.45) is 0 Å². The van der Waals surface area contributed by atoms with Crippen molar-refractivity contribution < 1.29 is 9.32 Å². The first-order valence-corrected chi connectivity index (χ1v) is 6.62. The van der Waals surface area contributed by atoms with Crippen LogP contribution in [0, 0.1) is 6.92 Å². The summed E-state index contributed by atoms with van der Waals surface area (Å²) in [5, 5.41) is 7.08. The molecule has 0 saturated heterocycles. The van der Waals surface area contributed by atoms with Crippen LogP contribution in [0.4, 0.5) is 10.9 Å². The van der Waals surface area contributed by atoms with Crippen molar-refractivity contribution in [1.29, 1.82) is 0 Å². The van der Waals surface area contributed by atoms with Gasteiger partial charge in [0.15, 0.2) is 5.82 Å². The second-order valence-electron chi connectivity index (χ2n) is 4.07. The number of rotatable bonds is 5. The molecule has 8 heteroatoms. The largest absolute Gasteiger partial charge is 0.360 e. The maximum atomic E-state index is 11.8. The smallest absolute Gasteiger partial charge is 0.245 e. The molecule has 0 saturated carbocycles. The average Bonchev–Trinajstić information content (AvgIpc) is 2.98. The molecule has 0 aliphatic heterocycles. The zero-order chi connectivity index (χ0) is 13.8. The third-order valence-corrected chi connectivity index (χ3v) is 3.24. The summed E-state index contributed by atoms with van der Waals surface area (Å²) in [5.74, 6) is 1.69. The van der Waals surface area contributed by atoms with Crippen LogP contribution in [0.15, 0.2) is 10.6 Å². The second-order valence-corrected chi connectivity index (χ2v) is 4.80. The number of hydrogen-bond donors (Lipinski definition) is 1. The number of amides is 1. The molecule has 0 radical (unpaired) electrons. The highest BCUT2D eigenvalue weighted by Crippen LogP contribution is 2.15. The molecular formula is C11H15N5O2S. The molecule has 0 aliphatic carbocycles. The minimum atomic E-state index is -0.177. The molecule has 0 atom stereocenters. The standard InChI is InChI=1S/C11H15N5O2S/c1-4-8-13-11(19-15-8)16(3)6-10(17)12-9-5-7(2)18-14-9/h5H,4,6H2,1-3H3,(H,12,14,17). The summed E-state index contributed by atoms with van der Waals surface area (Å²) in [4.78, 5) is 17.9. The maximum absolute atomic E-state index is 11.8. The van der Waals surface area contributed by atoms with Crippen molar-refractivity contribution in [1.82, 2.24) is 14.5 Å². The number of nitrogens with one attached hydrogen (secondary N) is 1. The summed E-state index contributed by atoms with van der Waals surface area (Å²) < 4.78 is 9.05. The average molecular weight is 281 g/mol. The lowest BCUT2D eigenvalue weighted by Gasteiger charge is -2.13. The first kappa shape index (κ1) is 13.5. The Morgan fingerprint density at radius 3 is 2.95 bits per heavy atom. The Kier molecular flexibility index (Phi) is 4.10. The van der Waals surface area contributed by atoms with Crippen LogP contribution >= 0.6 is 11.5 Å². The SMILES string of the molecule is CCc1nsc(N(C)CC(=O)Nc2cc(C)on2)n1. The highest BCUT2D eigenvalue weighted by atomic mass is 32.1. The summed E-state index contributed by atoms with van der Waals surface area (Å²) in [6.45, 7) is 3.94. The van der Waals surface area contributed by atoms with E-state index < -0.39 is 0 Å². The van der Waals surface area contributed by atoms with Crippen molar-refractivity contribution in [2.45, 2.75) is 20.3 Å². The lowest BCUT2D eigenvalue weighted by atomic mass is 10.4. The molecule has 7 nitrogen and oxygen atoms in total. The van der Waals surface area contributed by atoms with E-state index in [1.54, 1.807) is 24.9 Å². The van der Waals surface area contributed by atoms with Crippen LogP contribution in [0.1, 0.15) is 18.5 Å². The number of aromatic nitrogens is 3. The van der Waals surface area contributed by atoms with Gasteiger partial charge in [0.25, 0.3) is 0 Å². The molecule has 2 aromatic rings. The fourth-order valence-corrected chi connectivity index (χ4v) is 2.14. The number of anilines is 2. The van der Waals surface area contributed by atoms with Gasteiger partial charge < -0.3 is 14.7 Å². The Hall–Kier alpha value is -1.96. The molecular weight excluding hydrogens is 266 g/mol. The van der Waals surface area contributed by atoms with Gasteiger partial charge in [0, 0.05) is 31.1 Å². The monoisotopic (exact) mass is 281 g/mol. The van der Waals surface area contributed by atoms with E-state index in [0.717, 1.165) is 17.4 Å². The number of nitrogens with zero attached hydrogens (tertiary/aromatic N) is 4. The third kappa shape index (κ3) is 3.50. The van der Waals surface area contributed by atoms with Gasteiger partial charge in [-0.15, -0.1) is 0 Å². The quantitative estimate of drug-likeness (QED) is 0.893. The van der Waals surface area contributed by atoms with Crippen LogP contribution in [0.3, 0.4) is 0 Å². The van der Waals surface area contributed by atoms with Crippen molar-refractivity contribution in [2.75, 3.05) is 23.8 Å². The normalized spacial score (nSPS) is 10.5. The Bertz CT molecular complexity index is 565. The van der Waals surface area contributed by atoms with E-state index in [1.165, 1.54) is 11.5 Å². The molecule has 1 N–H and O–H groups in total. The molecule has 0 spiro atoms. The number of carbonyl (C=O) groups excluding carboxylic acids is 1. The number of carbonyl (C=O) groups is 1. The van der Waals surface area contributed by atoms with Gasteiger partial charge in [-0.05, 0) is 6.92 Å². The topological polar surface area (TPSA) is 84.2 Å². The van der Waals surface area contributed by atoms with Crippen LogP contribution in [-0.2, 0) is 11.2 Å². The molecule has 2 rings (SSSR count). The van der Waals surface area contributed by atoms with Crippen LogP contribution in [0.2, 0.25) is 0 Å². The van der Waals surface area contributed by atoms with E-state index in [4.69, 9.17) is 4.52 Å². The Morgan fingerprint density at radius 1 is 1.58 bits per heavy atom. The summed E-state index contributed by atoms with van der Waals surface area (Å²) in [7, 11) is 1.80. The van der Waals surface area contributed by atoms with Gasteiger partial charge in [-0.3, -0.25) is 4.79 Å². The molecule has 102 valence electrons. The lowest BCUT2D eigenvalue weighted by Crippen LogP contribution is -2.30. The lowest BCUT2D eigenvalue weighted by molar-refractivity contribution is -0.115. The van der Waals surface area contributed by atoms with Crippen molar-refractivity contribution in [3.63, 3.8) is 0 Å². The van der Waals surface area contributed by atoms with Gasteiger partial charge in [0.1, 0.15) is 11.6 Å². The molecule has 19 heavy (non-hydrogen) atoms. The molecule has 0 aromatic carbocycles. The predicted molar refractivity (Wildman–Crippen MR) is 72.4 cm³/mol. The summed E-state index contributed by atoms with van der Waals surface area (Å²) in [5.41, 5.74) is 0. The van der Waals surface area contributed by atoms with E-state index in [9.17, 15) is 4.79 Å². The third-order valence-electron chi connectivity index (χ3n) is 2.38. The van der Waals surface area contributed by atoms with Gasteiger partial charge in [0.2, 0.25) is 11.0 Å². The van der Waals surface area contributed by atoms with Gasteiger partial charge in [0.05, 0.1) is 6.54 Å². The minimum absolute atomic E-state index is 0.177. The Labute approximate surface area is 114 Å². The second kappa shape index (κ2) is 5.79. The fourth-order valence-electron chi connectivity index (χ4n) is 1.43. The zero-order valence-electron chi connectivity index (χ0n) is 11.0. The predicted octanol–water partition coefficient (Wildman–Crippen LogP) is 1.47. The Balaban J connectivity index is 1.91. The van der Waals surface area contributed by atoms with Gasteiger partial charge in [-0.25, -0.2) is 4.98 Å². The first-order chi connectivity index (χ1) is 9.08. The molecule has 0 aliphatic rings. The van der Waals surface area contributed by atoms with Gasteiger partial charge >= 0.3 is 0 Å². The van der Waals surface area contributed by atoms with Gasteiger partial charge in [-0.1, -0.05) is 12.1 Å². The van der Waals surface area contributed by atoms with Crippen LogP contribution in [-0.4, -0.2) is 34.0 Å². The molecule has 2 aromatic heterocycles. The first-order valence-electron chi connectivity index (χ1n) is 5.85. The van der Waals surface area contributed by atoms with Crippen LogP contribution in [0.25, 0.3) is 0 Å². The van der Waals surface area contributed by atoms with Crippen LogP contribution < -0.4 is 10.2 Å². The van der Waals surface area contributed by atoms with Crippen molar-refractivity contribution in [3.05, 3.63) is 17.7 Å². The fraction of sp³-hybridized carbons (Fsp3) is 0.455. The summed E-state index contributed by atoms with van der Waals surface area (Å²) in [6, 6.07) is 1.66.